The third-order valence-corrected chi connectivity index (χ3v) is 7.44. The van der Waals surface area contributed by atoms with E-state index >= 15 is 0 Å². The summed E-state index contributed by atoms with van der Waals surface area (Å²) >= 11 is 1.69. The second-order valence-electron chi connectivity index (χ2n) is 8.72. The number of benzene rings is 2. The van der Waals surface area contributed by atoms with Gasteiger partial charge in [-0.05, 0) is 48.9 Å². The minimum Gasteiger partial charge on any atom is -0.357 e. The highest BCUT2D eigenvalue weighted by atomic mass is 32.2. The summed E-state index contributed by atoms with van der Waals surface area (Å²) in [5.41, 5.74) is 3.04. The largest absolute Gasteiger partial charge is 0.357 e. The van der Waals surface area contributed by atoms with Crippen LogP contribution in [0.1, 0.15) is 34.6 Å². The second-order valence-corrected chi connectivity index (χ2v) is 9.89. The standard InChI is InChI=1S/C26H34N2S/c1-18(2)20(4)19(3)17-28-25-16-12-11-15-24(25)27-26(28,7)21(5)22(6)29-23-13-9-8-10-14-23/h8-16,18-20,27H,5-6,17H2,1-4,7H3/t19-,20-,26?/m1/s1. The van der Waals surface area contributed by atoms with E-state index in [-0.39, 0.29) is 0 Å². The lowest BCUT2D eigenvalue weighted by molar-refractivity contribution is 0.290. The van der Waals surface area contributed by atoms with Crippen molar-refractivity contribution in [3.63, 3.8) is 0 Å². The highest BCUT2D eigenvalue weighted by molar-refractivity contribution is 8.03. The van der Waals surface area contributed by atoms with Crippen LogP contribution in [0.25, 0.3) is 0 Å². The van der Waals surface area contributed by atoms with Crippen LogP contribution >= 0.6 is 11.8 Å². The van der Waals surface area contributed by atoms with Crippen molar-refractivity contribution in [2.45, 2.75) is 45.2 Å². The maximum Gasteiger partial charge on any atom is 0.134 e. The van der Waals surface area contributed by atoms with Crippen LogP contribution in [0.4, 0.5) is 11.4 Å². The van der Waals surface area contributed by atoms with Gasteiger partial charge in [-0.15, -0.1) is 0 Å². The first kappa shape index (κ1) is 21.6. The summed E-state index contributed by atoms with van der Waals surface area (Å²) in [6.45, 7) is 21.4. The number of rotatable bonds is 8. The number of hydrogen-bond acceptors (Lipinski definition) is 3. The second kappa shape index (κ2) is 8.71. The fourth-order valence-electron chi connectivity index (χ4n) is 3.98. The van der Waals surface area contributed by atoms with Gasteiger partial charge in [0.05, 0.1) is 11.4 Å². The molecule has 0 saturated carbocycles. The van der Waals surface area contributed by atoms with E-state index in [2.05, 4.69) is 107 Å². The van der Waals surface area contributed by atoms with Crippen LogP contribution in [0.15, 0.2) is 83.1 Å². The zero-order chi connectivity index (χ0) is 21.2. The molecule has 2 aromatic carbocycles. The molecule has 0 amide bonds. The molecule has 154 valence electrons. The molecule has 0 fully saturated rings. The molecular weight excluding hydrogens is 372 g/mol. The molecule has 3 heteroatoms. The van der Waals surface area contributed by atoms with E-state index in [1.54, 1.807) is 11.8 Å². The summed E-state index contributed by atoms with van der Waals surface area (Å²) in [6.07, 6.45) is 0. The Balaban J connectivity index is 1.88. The Morgan fingerprint density at radius 2 is 1.62 bits per heavy atom. The van der Waals surface area contributed by atoms with Gasteiger partial charge in [0.25, 0.3) is 0 Å². The van der Waals surface area contributed by atoms with Crippen molar-refractivity contribution in [3.05, 3.63) is 78.2 Å². The average Bonchev–Trinajstić information content (AvgIpc) is 3.00. The molecule has 0 bridgehead atoms. The number of hydrogen-bond donors (Lipinski definition) is 1. The van der Waals surface area contributed by atoms with Crippen LogP contribution in [-0.4, -0.2) is 12.2 Å². The number of para-hydroxylation sites is 2. The number of fused-ring (bicyclic) bond motifs is 1. The number of nitrogens with one attached hydrogen (secondary N) is 1. The molecule has 1 heterocycles. The first-order chi connectivity index (χ1) is 13.7. The Kier molecular flexibility index (Phi) is 6.48. The summed E-state index contributed by atoms with van der Waals surface area (Å²) in [5.74, 6) is 1.86. The Hall–Kier alpha value is -2.13. The lowest BCUT2D eigenvalue weighted by Gasteiger charge is -2.41. The van der Waals surface area contributed by atoms with Gasteiger partial charge < -0.3 is 10.2 Å². The van der Waals surface area contributed by atoms with Gasteiger partial charge in [-0.2, -0.15) is 0 Å². The summed E-state index contributed by atoms with van der Waals surface area (Å²) < 4.78 is 0. The first-order valence-corrected chi connectivity index (χ1v) is 11.3. The predicted octanol–water partition coefficient (Wildman–Crippen LogP) is 7.43. The van der Waals surface area contributed by atoms with E-state index in [1.165, 1.54) is 10.6 Å². The summed E-state index contributed by atoms with van der Waals surface area (Å²) in [4.78, 5) is 4.67. The van der Waals surface area contributed by atoms with Gasteiger partial charge in [0, 0.05) is 21.9 Å². The Bertz CT molecular complexity index is 873. The van der Waals surface area contributed by atoms with Crippen molar-refractivity contribution in [1.82, 2.24) is 0 Å². The average molecular weight is 407 g/mol. The summed E-state index contributed by atoms with van der Waals surface area (Å²) in [6, 6.07) is 19.0. The normalized spacial score (nSPS) is 20.1. The van der Waals surface area contributed by atoms with Crippen LogP contribution < -0.4 is 10.2 Å². The van der Waals surface area contributed by atoms with E-state index in [0.29, 0.717) is 17.8 Å². The third kappa shape index (κ3) is 4.40. The Labute approximate surface area is 181 Å². The van der Waals surface area contributed by atoms with Crippen molar-refractivity contribution < 1.29 is 0 Å². The van der Waals surface area contributed by atoms with E-state index in [0.717, 1.165) is 22.7 Å². The van der Waals surface area contributed by atoms with Gasteiger partial charge in [0.15, 0.2) is 0 Å². The molecule has 29 heavy (non-hydrogen) atoms. The predicted molar refractivity (Wildman–Crippen MR) is 130 cm³/mol. The molecule has 1 unspecified atom stereocenters. The topological polar surface area (TPSA) is 15.3 Å². The summed E-state index contributed by atoms with van der Waals surface area (Å²) in [7, 11) is 0. The van der Waals surface area contributed by atoms with Crippen molar-refractivity contribution in [2.24, 2.45) is 17.8 Å². The maximum absolute atomic E-state index is 4.50. The fraction of sp³-hybridized carbons (Fsp3) is 0.385. The number of nitrogens with zero attached hydrogens (tertiary/aromatic N) is 1. The van der Waals surface area contributed by atoms with Gasteiger partial charge in [-0.1, -0.05) is 82.9 Å². The monoisotopic (exact) mass is 406 g/mol. The SMILES string of the molecule is C=C(Sc1ccccc1)C(=C)C1(C)Nc2ccccc2N1C[C@@H](C)[C@H](C)C(C)C. The van der Waals surface area contributed by atoms with Gasteiger partial charge in [-0.25, -0.2) is 0 Å². The van der Waals surface area contributed by atoms with Gasteiger partial charge in [-0.3, -0.25) is 0 Å². The molecule has 3 rings (SSSR count). The molecule has 2 aromatic rings. The molecule has 1 N–H and O–H groups in total. The minimum atomic E-state index is -0.395. The van der Waals surface area contributed by atoms with Crippen LogP contribution in [-0.2, 0) is 0 Å². The molecular formula is C26H34N2S. The maximum atomic E-state index is 4.50. The molecule has 3 atom stereocenters. The highest BCUT2D eigenvalue weighted by Gasteiger charge is 2.43. The van der Waals surface area contributed by atoms with Crippen LogP contribution in [0, 0.1) is 17.8 Å². The molecule has 0 aromatic heterocycles. The smallest absolute Gasteiger partial charge is 0.134 e. The minimum absolute atomic E-state index is 0.395. The van der Waals surface area contributed by atoms with Crippen LogP contribution in [0.3, 0.4) is 0 Å². The van der Waals surface area contributed by atoms with Crippen molar-refractivity contribution >= 4 is 23.1 Å². The fourth-order valence-corrected chi connectivity index (χ4v) is 4.88. The van der Waals surface area contributed by atoms with Gasteiger partial charge in [0.2, 0.25) is 0 Å². The Morgan fingerprint density at radius 1 is 1.00 bits per heavy atom. The van der Waals surface area contributed by atoms with E-state index in [4.69, 9.17) is 0 Å². The van der Waals surface area contributed by atoms with E-state index < -0.39 is 5.66 Å². The van der Waals surface area contributed by atoms with Crippen molar-refractivity contribution in [3.8, 4) is 0 Å². The van der Waals surface area contributed by atoms with Crippen molar-refractivity contribution in [2.75, 3.05) is 16.8 Å². The molecule has 1 aliphatic rings. The van der Waals surface area contributed by atoms with Gasteiger partial charge in [0.1, 0.15) is 5.66 Å². The molecule has 0 spiro atoms. The van der Waals surface area contributed by atoms with Crippen LogP contribution in [0.2, 0.25) is 0 Å². The van der Waals surface area contributed by atoms with Crippen LogP contribution in [0.5, 0.6) is 0 Å². The zero-order valence-electron chi connectivity index (χ0n) is 18.4. The van der Waals surface area contributed by atoms with E-state index in [1.807, 2.05) is 6.07 Å². The Morgan fingerprint density at radius 3 is 2.28 bits per heavy atom. The number of thioether (sulfide) groups is 1. The van der Waals surface area contributed by atoms with Gasteiger partial charge >= 0.3 is 0 Å². The highest BCUT2D eigenvalue weighted by Crippen LogP contribution is 2.47. The zero-order valence-corrected chi connectivity index (χ0v) is 19.2. The molecule has 2 nitrogen and oxygen atoms in total. The third-order valence-electron chi connectivity index (χ3n) is 6.44. The van der Waals surface area contributed by atoms with E-state index in [9.17, 15) is 0 Å². The molecule has 0 saturated heterocycles. The summed E-state index contributed by atoms with van der Waals surface area (Å²) in [5, 5.41) is 3.75. The van der Waals surface area contributed by atoms with Crippen molar-refractivity contribution in [1.29, 1.82) is 0 Å². The molecule has 0 aliphatic carbocycles. The quantitative estimate of drug-likeness (QED) is 0.362. The molecule has 0 radical (unpaired) electrons. The molecule has 1 aliphatic heterocycles. The lowest BCUT2D eigenvalue weighted by Crippen LogP contribution is -2.52. The first-order valence-electron chi connectivity index (χ1n) is 10.5. The number of anilines is 2. The lowest BCUT2D eigenvalue weighted by atomic mass is 9.85.